The molecule has 0 heterocycles. The molecule has 0 aliphatic heterocycles. The van der Waals surface area contributed by atoms with Crippen molar-refractivity contribution in [3.05, 3.63) is 53.9 Å². The molecule has 0 unspecified atom stereocenters. The van der Waals surface area contributed by atoms with Crippen molar-refractivity contribution in [2.75, 3.05) is 18.2 Å². The number of fused-ring (bicyclic) bond motifs is 5. The summed E-state index contributed by atoms with van der Waals surface area (Å²) in [5, 5.41) is 32.7. The molecule has 5 rings (SSSR count). The minimum absolute atomic E-state index is 0.0200. The number of hydrogen-bond acceptors (Lipinski definition) is 6. The Balaban J connectivity index is 1.55. The Labute approximate surface area is 213 Å². The normalized spacial score (nSPS) is 42.5. The van der Waals surface area contributed by atoms with E-state index in [2.05, 4.69) is 0 Å². The Bertz CT molecular complexity index is 1190. The number of Topliss-reactive ketones (excluding diaryl/α,β-unsaturated/α-hetero) is 1. The number of nitrogens with zero attached hydrogens (tertiary/aromatic N) is 1. The van der Waals surface area contributed by atoms with Gasteiger partial charge in [-0.05, 0) is 79.4 Å². The number of aliphatic hydroxyl groups is 2. The van der Waals surface area contributed by atoms with Gasteiger partial charge in [-0.15, -0.1) is 0 Å². The molecule has 0 aromatic heterocycles. The van der Waals surface area contributed by atoms with E-state index in [1.165, 1.54) is 37.3 Å². The Morgan fingerprint density at radius 3 is 2.62 bits per heavy atom. The van der Waals surface area contributed by atoms with E-state index in [4.69, 9.17) is 0 Å². The number of carbonyl (C=O) groups is 2. The summed E-state index contributed by atoms with van der Waals surface area (Å²) in [6.07, 6.45) is 0.415. The molecule has 37 heavy (non-hydrogen) atoms. The van der Waals surface area contributed by atoms with Gasteiger partial charge in [0.25, 0.3) is 0 Å². The molecule has 0 spiro atoms. The fraction of sp³-hybridized carbons (Fsp3) is 0.571. The molecule has 0 amide bonds. The SMILES string of the molecule is C[C@]12C[C@H](O)[C@@]3(F)[C@@H](C[C@H](F)C4=CC(=O)C=C[C@@]43C)[C@@H]1C[C@@H](CN(O)c1cccc(F)c1)[C@@H]2C(=O)CO. The van der Waals surface area contributed by atoms with Crippen LogP contribution in [-0.4, -0.2) is 58.1 Å². The molecule has 3 fully saturated rings. The highest BCUT2D eigenvalue weighted by Crippen LogP contribution is 2.70. The second kappa shape index (κ2) is 8.78. The lowest BCUT2D eigenvalue weighted by Gasteiger charge is -2.62. The topological polar surface area (TPSA) is 98.1 Å². The first-order valence-corrected chi connectivity index (χ1v) is 12.7. The molecule has 0 bridgehead atoms. The van der Waals surface area contributed by atoms with Crippen LogP contribution >= 0.6 is 0 Å². The van der Waals surface area contributed by atoms with Gasteiger partial charge in [0.15, 0.2) is 17.2 Å². The largest absolute Gasteiger partial charge is 0.390 e. The Morgan fingerprint density at radius 2 is 1.95 bits per heavy atom. The van der Waals surface area contributed by atoms with Gasteiger partial charge >= 0.3 is 0 Å². The highest BCUT2D eigenvalue weighted by molar-refractivity contribution is 6.01. The van der Waals surface area contributed by atoms with E-state index >= 15 is 8.78 Å². The van der Waals surface area contributed by atoms with Crippen molar-refractivity contribution in [1.29, 1.82) is 0 Å². The average molecular weight is 520 g/mol. The predicted octanol–water partition coefficient (Wildman–Crippen LogP) is 3.74. The zero-order valence-corrected chi connectivity index (χ0v) is 20.8. The lowest BCUT2D eigenvalue weighted by atomic mass is 9.45. The number of allylic oxidation sites excluding steroid dienone is 4. The summed E-state index contributed by atoms with van der Waals surface area (Å²) in [6.45, 7) is 2.42. The standard InChI is InChI=1S/C28H32F3NO5/c1-26-12-24(36)28(31)20(11-22(30)21-10-18(34)6-7-27(21,28)2)19(26)8-15(25(26)23(35)14-33)13-32(37)17-5-3-4-16(29)9-17/h3-7,9-10,15,19-20,22,24-25,33,36-37H,8,11-14H2,1-2H3/t15-,19-,20-,22-,24-,25+,26-,27-,28-/m0/s1. The molecule has 9 heteroatoms. The van der Waals surface area contributed by atoms with Crippen LogP contribution in [0.15, 0.2) is 48.1 Å². The molecule has 0 radical (unpaired) electrons. The first-order valence-electron chi connectivity index (χ1n) is 12.7. The van der Waals surface area contributed by atoms with Crippen LogP contribution in [0.2, 0.25) is 0 Å². The van der Waals surface area contributed by atoms with Crippen LogP contribution in [-0.2, 0) is 9.59 Å². The highest BCUT2D eigenvalue weighted by atomic mass is 19.1. The number of anilines is 1. The fourth-order valence-electron chi connectivity index (χ4n) is 8.26. The maximum Gasteiger partial charge on any atom is 0.178 e. The van der Waals surface area contributed by atoms with Crippen LogP contribution in [0.5, 0.6) is 0 Å². The van der Waals surface area contributed by atoms with Crippen LogP contribution < -0.4 is 5.06 Å². The number of halogens is 3. The van der Waals surface area contributed by atoms with Gasteiger partial charge in [-0.2, -0.15) is 0 Å². The number of benzene rings is 1. The van der Waals surface area contributed by atoms with Gasteiger partial charge in [0.1, 0.15) is 18.6 Å². The lowest BCUT2D eigenvalue weighted by molar-refractivity contribution is -0.202. The predicted molar refractivity (Wildman–Crippen MR) is 129 cm³/mol. The number of aliphatic hydroxyl groups excluding tert-OH is 2. The Kier molecular flexibility index (Phi) is 6.20. The third kappa shape index (κ3) is 3.65. The van der Waals surface area contributed by atoms with E-state index in [9.17, 15) is 29.4 Å². The van der Waals surface area contributed by atoms with Gasteiger partial charge in [-0.25, -0.2) is 13.2 Å². The summed E-state index contributed by atoms with van der Waals surface area (Å²) in [7, 11) is 0. The minimum atomic E-state index is -2.29. The second-order valence-electron chi connectivity index (χ2n) is 11.6. The third-order valence-corrected chi connectivity index (χ3v) is 9.82. The molecule has 3 N–H and O–H groups in total. The number of hydrogen-bond donors (Lipinski definition) is 3. The van der Waals surface area contributed by atoms with E-state index in [0.29, 0.717) is 0 Å². The first kappa shape index (κ1) is 26.1. The average Bonchev–Trinajstić information content (AvgIpc) is 3.13. The molecular weight excluding hydrogens is 487 g/mol. The summed E-state index contributed by atoms with van der Waals surface area (Å²) >= 11 is 0. The molecule has 0 saturated heterocycles. The molecule has 4 aliphatic carbocycles. The number of carbonyl (C=O) groups excluding carboxylic acids is 2. The lowest BCUT2D eigenvalue weighted by Crippen LogP contribution is -2.68. The van der Waals surface area contributed by atoms with Crippen LogP contribution in [0.3, 0.4) is 0 Å². The number of rotatable bonds is 5. The molecule has 4 aliphatic rings. The zero-order chi connectivity index (χ0) is 26.9. The monoisotopic (exact) mass is 519 g/mol. The van der Waals surface area contributed by atoms with E-state index < -0.39 is 76.4 Å². The molecule has 9 atom stereocenters. The van der Waals surface area contributed by atoms with Crippen molar-refractivity contribution in [1.82, 2.24) is 0 Å². The molecule has 6 nitrogen and oxygen atoms in total. The summed E-state index contributed by atoms with van der Waals surface area (Å²) in [5.41, 5.74) is -4.60. The maximum absolute atomic E-state index is 17.3. The van der Waals surface area contributed by atoms with E-state index in [1.807, 2.05) is 0 Å². The molecular formula is C28H32F3NO5. The van der Waals surface area contributed by atoms with Crippen LogP contribution in [0.25, 0.3) is 0 Å². The molecule has 200 valence electrons. The van der Waals surface area contributed by atoms with Crippen molar-refractivity contribution >= 4 is 17.3 Å². The molecule has 1 aromatic rings. The first-order chi connectivity index (χ1) is 17.4. The van der Waals surface area contributed by atoms with Gasteiger partial charge in [0, 0.05) is 23.8 Å². The van der Waals surface area contributed by atoms with Crippen LogP contribution in [0, 0.1) is 40.3 Å². The number of alkyl halides is 2. The third-order valence-electron chi connectivity index (χ3n) is 9.82. The maximum atomic E-state index is 17.3. The van der Waals surface area contributed by atoms with Gasteiger partial charge in [0.2, 0.25) is 0 Å². The zero-order valence-electron chi connectivity index (χ0n) is 20.8. The van der Waals surface area contributed by atoms with E-state index in [0.717, 1.165) is 17.2 Å². The smallest absolute Gasteiger partial charge is 0.178 e. The second-order valence-corrected chi connectivity index (χ2v) is 11.6. The highest BCUT2D eigenvalue weighted by Gasteiger charge is 2.73. The summed E-state index contributed by atoms with van der Waals surface area (Å²) in [5.74, 6) is -4.40. The van der Waals surface area contributed by atoms with Gasteiger partial charge in [-0.1, -0.05) is 19.1 Å². The number of ketones is 2. The minimum Gasteiger partial charge on any atom is -0.390 e. The van der Waals surface area contributed by atoms with E-state index in [-0.39, 0.29) is 37.1 Å². The summed E-state index contributed by atoms with van der Waals surface area (Å²) in [6, 6.07) is 5.32. The van der Waals surface area contributed by atoms with Crippen molar-refractivity contribution in [2.24, 2.45) is 34.5 Å². The summed E-state index contributed by atoms with van der Waals surface area (Å²) in [4.78, 5) is 25.1. The Morgan fingerprint density at radius 1 is 1.22 bits per heavy atom. The van der Waals surface area contributed by atoms with Crippen molar-refractivity contribution in [3.63, 3.8) is 0 Å². The van der Waals surface area contributed by atoms with Crippen molar-refractivity contribution in [2.45, 2.75) is 51.1 Å². The Hall–Kier alpha value is -2.49. The van der Waals surface area contributed by atoms with Gasteiger partial charge < -0.3 is 10.2 Å². The quantitative estimate of drug-likeness (QED) is 0.513. The van der Waals surface area contributed by atoms with Gasteiger partial charge in [-0.3, -0.25) is 19.9 Å². The number of hydroxylamine groups is 1. The van der Waals surface area contributed by atoms with Crippen LogP contribution in [0.1, 0.15) is 33.1 Å². The van der Waals surface area contributed by atoms with Crippen molar-refractivity contribution < 1.29 is 38.2 Å². The fourth-order valence-corrected chi connectivity index (χ4v) is 8.26. The molecule has 1 aromatic carbocycles. The van der Waals surface area contributed by atoms with Gasteiger partial charge in [0.05, 0.1) is 11.8 Å². The van der Waals surface area contributed by atoms with Crippen LogP contribution in [0.4, 0.5) is 18.9 Å². The van der Waals surface area contributed by atoms with Crippen molar-refractivity contribution in [3.8, 4) is 0 Å². The summed E-state index contributed by atoms with van der Waals surface area (Å²) < 4.78 is 46.6. The molecule has 3 saturated carbocycles. The van der Waals surface area contributed by atoms with E-state index in [1.54, 1.807) is 6.92 Å².